The van der Waals surface area contributed by atoms with Crippen molar-refractivity contribution in [3.63, 3.8) is 0 Å². The van der Waals surface area contributed by atoms with E-state index in [1.54, 1.807) is 0 Å². The number of hydrogen-bond donors (Lipinski definition) is 2. The van der Waals surface area contributed by atoms with Crippen LogP contribution in [0, 0.1) is 0 Å². The zero-order valence-corrected chi connectivity index (χ0v) is 4.00. The molecule has 0 rings (SSSR count). The topological polar surface area (TPSA) is 80.4 Å². The number of carboxylic acid groups (broad SMARTS) is 1. The Morgan fingerprint density at radius 1 is 1.33 bits per heavy atom. The van der Waals surface area contributed by atoms with Gasteiger partial charge in [0.1, 0.15) is 0 Å². The van der Waals surface area contributed by atoms with Gasteiger partial charge in [0, 0.05) is 12.2 Å². The molecule has 0 unspecified atom stereocenters. The fourth-order valence-electron chi connectivity index (χ4n) is 0.153. The Kier molecular flexibility index (Phi) is 6.05. The molecule has 0 aliphatic heterocycles. The Hall–Kier alpha value is -1.10. The first kappa shape index (κ1) is 10.8. The van der Waals surface area contributed by atoms with Crippen molar-refractivity contribution in [3.05, 3.63) is 12.2 Å². The van der Waals surface area contributed by atoms with Crippen molar-refractivity contribution in [1.82, 2.24) is 0 Å². The fraction of sp³-hybridized carbons (Fsp3) is 0. The smallest absolute Gasteiger partial charge is 0.328 e. The van der Waals surface area contributed by atoms with Crippen molar-refractivity contribution in [2.24, 2.45) is 5.73 Å². The summed E-state index contributed by atoms with van der Waals surface area (Å²) < 4.78 is 0. The van der Waals surface area contributed by atoms with Gasteiger partial charge in [-0.2, -0.15) is 0 Å². The molecular weight excluding hydrogens is 138 g/mol. The van der Waals surface area contributed by atoms with Gasteiger partial charge < -0.3 is 10.8 Å². The Morgan fingerprint density at radius 3 is 1.89 bits per heavy atom. The molecule has 3 N–H and O–H groups in total. The van der Waals surface area contributed by atoms with Gasteiger partial charge in [-0.25, -0.2) is 4.79 Å². The summed E-state index contributed by atoms with van der Waals surface area (Å²) in [6.07, 6.45) is 1.46. The van der Waals surface area contributed by atoms with Crippen LogP contribution in [-0.2, 0) is 9.59 Å². The van der Waals surface area contributed by atoms with E-state index in [1.807, 2.05) is 0 Å². The van der Waals surface area contributed by atoms with Crippen molar-refractivity contribution < 1.29 is 14.7 Å². The number of rotatable bonds is 2. The summed E-state index contributed by atoms with van der Waals surface area (Å²) in [4.78, 5) is 19.4. The minimum Gasteiger partial charge on any atom is -0.478 e. The van der Waals surface area contributed by atoms with Crippen LogP contribution in [0.5, 0.6) is 0 Å². The highest BCUT2D eigenvalue weighted by molar-refractivity contribution is 5.92. The third-order valence-electron chi connectivity index (χ3n) is 0.390. The largest absolute Gasteiger partial charge is 0.478 e. The molecule has 0 saturated carbocycles. The highest BCUT2D eigenvalue weighted by Gasteiger charge is 1.86. The molecule has 0 bridgehead atoms. The van der Waals surface area contributed by atoms with Gasteiger partial charge >= 0.3 is 5.97 Å². The molecule has 0 aromatic carbocycles. The van der Waals surface area contributed by atoms with Crippen LogP contribution in [0.4, 0.5) is 0 Å². The average Bonchev–Trinajstić information content (AvgIpc) is 1.61. The predicted octanol–water partition coefficient (Wildman–Crippen LogP) is -2.34. The average molecular weight is 147 g/mol. The highest BCUT2D eigenvalue weighted by atomic mass is 28.1. The van der Waals surface area contributed by atoms with Gasteiger partial charge in [-0.1, -0.05) is 0 Å². The first-order chi connectivity index (χ1) is 3.63. The van der Waals surface area contributed by atoms with E-state index in [0.29, 0.717) is 6.08 Å². The molecule has 1 amide bonds. The fourth-order valence-corrected chi connectivity index (χ4v) is 0.153. The van der Waals surface area contributed by atoms with Crippen molar-refractivity contribution in [2.45, 2.75) is 0 Å². The quantitative estimate of drug-likeness (QED) is 0.339. The van der Waals surface area contributed by atoms with E-state index in [9.17, 15) is 9.59 Å². The number of carboxylic acids is 1. The van der Waals surface area contributed by atoms with E-state index in [-0.39, 0.29) is 11.0 Å². The number of primary amides is 1. The maximum Gasteiger partial charge on any atom is 0.328 e. The van der Waals surface area contributed by atoms with Gasteiger partial charge in [-0.3, -0.25) is 4.79 Å². The summed E-state index contributed by atoms with van der Waals surface area (Å²) in [5, 5.41) is 7.87. The zero-order valence-electron chi connectivity index (χ0n) is 4.00. The molecule has 52 valence electrons. The van der Waals surface area contributed by atoms with Gasteiger partial charge in [0.25, 0.3) is 0 Å². The number of carbonyl (C=O) groups is 2. The molecule has 0 atom stereocenters. The van der Waals surface area contributed by atoms with Gasteiger partial charge in [-0.15, -0.1) is 0 Å². The molecule has 0 radical (unpaired) electrons. The standard InChI is InChI=1S/C4H5NO3.H4Si/c5-3(6)1-2-4(7)8;/h1-2H,(H2,5,6)(H,7,8);1H4/b2-1-;. The van der Waals surface area contributed by atoms with Crippen molar-refractivity contribution in [2.75, 3.05) is 0 Å². The Morgan fingerprint density at radius 2 is 1.78 bits per heavy atom. The van der Waals surface area contributed by atoms with Gasteiger partial charge in [0.15, 0.2) is 0 Å². The molecule has 4 nitrogen and oxygen atoms in total. The summed E-state index contributed by atoms with van der Waals surface area (Å²) >= 11 is 0. The van der Waals surface area contributed by atoms with Crippen LogP contribution < -0.4 is 5.73 Å². The van der Waals surface area contributed by atoms with Gasteiger partial charge in [-0.05, 0) is 11.0 Å². The van der Waals surface area contributed by atoms with E-state index in [2.05, 4.69) is 5.73 Å². The highest BCUT2D eigenvalue weighted by Crippen LogP contribution is 1.68. The molecular formula is C4H9NO3Si. The molecule has 0 aromatic rings. The van der Waals surface area contributed by atoms with Crippen LogP contribution in [0.1, 0.15) is 0 Å². The summed E-state index contributed by atoms with van der Waals surface area (Å²) in [7, 11) is 0. The number of hydrogen-bond acceptors (Lipinski definition) is 2. The minimum atomic E-state index is -1.18. The SMILES string of the molecule is NC(=O)/C=C\C(=O)O.[SiH4]. The second-order valence-electron chi connectivity index (χ2n) is 1.07. The maximum absolute atomic E-state index is 9.78. The van der Waals surface area contributed by atoms with Crippen LogP contribution >= 0.6 is 0 Å². The van der Waals surface area contributed by atoms with Crippen molar-refractivity contribution in [3.8, 4) is 0 Å². The summed E-state index contributed by atoms with van der Waals surface area (Å²) in [6.45, 7) is 0. The lowest BCUT2D eigenvalue weighted by atomic mass is 10.5. The van der Waals surface area contributed by atoms with E-state index in [1.165, 1.54) is 0 Å². The normalized spacial score (nSPS) is 8.44. The van der Waals surface area contributed by atoms with E-state index in [4.69, 9.17) is 5.11 Å². The lowest BCUT2D eigenvalue weighted by Crippen LogP contribution is -2.06. The molecule has 5 heteroatoms. The number of carbonyl (C=O) groups excluding carboxylic acids is 1. The predicted molar refractivity (Wildman–Crippen MR) is 37.3 cm³/mol. The first-order valence-electron chi connectivity index (χ1n) is 1.83. The molecule has 0 heterocycles. The lowest BCUT2D eigenvalue weighted by molar-refractivity contribution is -0.131. The second kappa shape index (κ2) is 5.04. The van der Waals surface area contributed by atoms with Crippen LogP contribution in [-0.4, -0.2) is 27.9 Å². The summed E-state index contributed by atoms with van der Waals surface area (Å²) in [5.41, 5.74) is 4.55. The lowest BCUT2D eigenvalue weighted by Gasteiger charge is -1.75. The number of amides is 1. The van der Waals surface area contributed by atoms with Gasteiger partial charge in [0.2, 0.25) is 5.91 Å². The molecule has 9 heavy (non-hydrogen) atoms. The zero-order chi connectivity index (χ0) is 6.57. The molecule has 0 spiro atoms. The number of nitrogens with two attached hydrogens (primary N) is 1. The third-order valence-corrected chi connectivity index (χ3v) is 0.390. The molecule has 0 aliphatic rings. The monoisotopic (exact) mass is 147 g/mol. The second-order valence-corrected chi connectivity index (χ2v) is 1.07. The molecule has 0 aliphatic carbocycles. The molecule has 0 saturated heterocycles. The van der Waals surface area contributed by atoms with Crippen molar-refractivity contribution >= 4 is 22.8 Å². The van der Waals surface area contributed by atoms with Gasteiger partial charge in [0.05, 0.1) is 0 Å². The third kappa shape index (κ3) is 10.9. The molecule has 0 fully saturated rings. The van der Waals surface area contributed by atoms with E-state index >= 15 is 0 Å². The minimum absolute atomic E-state index is 0. The van der Waals surface area contributed by atoms with E-state index < -0.39 is 11.9 Å². The number of aliphatic carboxylic acids is 1. The van der Waals surface area contributed by atoms with E-state index in [0.717, 1.165) is 6.08 Å². The molecule has 0 aromatic heterocycles. The van der Waals surface area contributed by atoms with Crippen LogP contribution in [0.25, 0.3) is 0 Å². The van der Waals surface area contributed by atoms with Crippen LogP contribution in [0.3, 0.4) is 0 Å². The Labute approximate surface area is 56.4 Å². The first-order valence-corrected chi connectivity index (χ1v) is 1.83. The van der Waals surface area contributed by atoms with Crippen LogP contribution in [0.2, 0.25) is 0 Å². The Balaban J connectivity index is 0. The van der Waals surface area contributed by atoms with Crippen molar-refractivity contribution in [1.29, 1.82) is 0 Å². The summed E-state index contributed by atoms with van der Waals surface area (Å²) in [6, 6.07) is 0. The van der Waals surface area contributed by atoms with Crippen LogP contribution in [0.15, 0.2) is 12.2 Å². The summed E-state index contributed by atoms with van der Waals surface area (Å²) in [5.74, 6) is -1.93. The Bertz CT molecular complexity index is 127. The maximum atomic E-state index is 9.78.